The zero-order chi connectivity index (χ0) is 21.9. The summed E-state index contributed by atoms with van der Waals surface area (Å²) in [5, 5.41) is 28.1. The van der Waals surface area contributed by atoms with Crippen molar-refractivity contribution < 1.29 is 20.1 Å². The summed E-state index contributed by atoms with van der Waals surface area (Å²) in [5.74, 6) is -3.14. The lowest BCUT2D eigenvalue weighted by Crippen LogP contribution is -2.44. The lowest BCUT2D eigenvalue weighted by molar-refractivity contribution is -0.219. The molecule has 29 heavy (non-hydrogen) atoms. The van der Waals surface area contributed by atoms with Gasteiger partial charge in [-0.25, -0.2) is 4.79 Å². The van der Waals surface area contributed by atoms with Crippen LogP contribution in [-0.4, -0.2) is 52.6 Å². The van der Waals surface area contributed by atoms with Crippen LogP contribution in [0.3, 0.4) is 0 Å². The second kappa shape index (κ2) is 13.2. The van der Waals surface area contributed by atoms with Crippen molar-refractivity contribution >= 4 is 5.97 Å². The molecule has 0 saturated heterocycles. The number of hydrogen-bond donors (Lipinski definition) is 3. The molecular formula is C24H43NO4. The first-order chi connectivity index (χ1) is 13.7. The van der Waals surface area contributed by atoms with Gasteiger partial charge in [-0.15, -0.1) is 0 Å². The second-order valence-corrected chi connectivity index (χ2v) is 9.09. The van der Waals surface area contributed by atoms with Crippen molar-refractivity contribution in [3.8, 4) is 0 Å². The summed E-state index contributed by atoms with van der Waals surface area (Å²) in [5.41, 5.74) is 0. The summed E-state index contributed by atoms with van der Waals surface area (Å²) in [4.78, 5) is 13.2. The first-order valence-electron chi connectivity index (χ1n) is 11.3. The number of nitrogens with zero attached hydrogens (tertiary/aromatic N) is 1. The molecule has 0 spiro atoms. The van der Waals surface area contributed by atoms with Crippen LogP contribution >= 0.6 is 0 Å². The molecule has 1 aliphatic carbocycles. The third-order valence-electron chi connectivity index (χ3n) is 6.28. The van der Waals surface area contributed by atoms with E-state index in [0.29, 0.717) is 24.2 Å². The predicted octanol–water partition coefficient (Wildman–Crippen LogP) is 4.46. The summed E-state index contributed by atoms with van der Waals surface area (Å²) in [6.45, 7) is 4.89. The Morgan fingerprint density at radius 3 is 2.41 bits per heavy atom. The maximum absolute atomic E-state index is 10.9. The summed E-state index contributed by atoms with van der Waals surface area (Å²) in [6.07, 6.45) is 18.9. The molecular weight excluding hydrogens is 366 g/mol. The van der Waals surface area contributed by atoms with E-state index in [1.54, 1.807) is 6.92 Å². The van der Waals surface area contributed by atoms with Gasteiger partial charge in [0.15, 0.2) is 0 Å². The molecule has 0 aromatic rings. The van der Waals surface area contributed by atoms with Crippen LogP contribution in [0.25, 0.3) is 0 Å². The van der Waals surface area contributed by atoms with Gasteiger partial charge in [0.25, 0.3) is 5.79 Å². The Morgan fingerprint density at radius 2 is 1.79 bits per heavy atom. The SMILES string of the molecule is CCCCCC/C=C/[C@@H]1[C@@H](C/C=C\CC(C)C(O)(O)C(=O)O)CC[C@H]1CN(C)C. The van der Waals surface area contributed by atoms with Gasteiger partial charge in [-0.3, -0.25) is 0 Å². The minimum Gasteiger partial charge on any atom is -0.477 e. The van der Waals surface area contributed by atoms with E-state index in [1.807, 2.05) is 6.08 Å². The Morgan fingerprint density at radius 1 is 1.10 bits per heavy atom. The highest BCUT2D eigenvalue weighted by Crippen LogP contribution is 2.40. The molecule has 1 rings (SSSR count). The van der Waals surface area contributed by atoms with E-state index in [-0.39, 0.29) is 0 Å². The van der Waals surface area contributed by atoms with E-state index in [1.165, 1.54) is 38.5 Å². The van der Waals surface area contributed by atoms with Gasteiger partial charge in [0.05, 0.1) is 0 Å². The summed E-state index contributed by atoms with van der Waals surface area (Å²) in [7, 11) is 4.28. The van der Waals surface area contributed by atoms with Gasteiger partial charge in [-0.2, -0.15) is 0 Å². The van der Waals surface area contributed by atoms with Crippen molar-refractivity contribution in [2.24, 2.45) is 23.7 Å². The fraction of sp³-hybridized carbons (Fsp3) is 0.792. The Kier molecular flexibility index (Phi) is 11.8. The van der Waals surface area contributed by atoms with E-state index in [0.717, 1.165) is 19.4 Å². The Labute approximate surface area is 177 Å². The summed E-state index contributed by atoms with van der Waals surface area (Å²) >= 11 is 0. The van der Waals surface area contributed by atoms with Crippen LogP contribution < -0.4 is 0 Å². The van der Waals surface area contributed by atoms with Gasteiger partial charge in [0.2, 0.25) is 0 Å². The first-order valence-corrected chi connectivity index (χ1v) is 11.3. The van der Waals surface area contributed by atoms with E-state index in [2.05, 4.69) is 44.1 Å². The van der Waals surface area contributed by atoms with Gasteiger partial charge >= 0.3 is 5.97 Å². The van der Waals surface area contributed by atoms with Gasteiger partial charge in [0, 0.05) is 12.5 Å². The van der Waals surface area contributed by atoms with E-state index < -0.39 is 17.7 Å². The number of aliphatic hydroxyl groups is 2. The highest BCUT2D eigenvalue weighted by atomic mass is 16.5. The van der Waals surface area contributed by atoms with Crippen molar-refractivity contribution in [2.75, 3.05) is 20.6 Å². The minimum atomic E-state index is -2.67. The fourth-order valence-electron chi connectivity index (χ4n) is 4.36. The van der Waals surface area contributed by atoms with Gasteiger partial charge in [-0.1, -0.05) is 57.4 Å². The molecule has 0 aliphatic heterocycles. The monoisotopic (exact) mass is 409 g/mol. The van der Waals surface area contributed by atoms with Crippen LogP contribution in [0.15, 0.2) is 24.3 Å². The zero-order valence-electron chi connectivity index (χ0n) is 18.9. The molecule has 0 amide bonds. The smallest absolute Gasteiger partial charge is 0.364 e. The number of carbonyl (C=O) groups is 1. The maximum atomic E-state index is 10.9. The van der Waals surface area contributed by atoms with E-state index in [4.69, 9.17) is 5.11 Å². The highest BCUT2D eigenvalue weighted by Gasteiger charge is 2.39. The third kappa shape index (κ3) is 9.02. The van der Waals surface area contributed by atoms with Gasteiger partial charge in [0.1, 0.15) is 0 Å². The van der Waals surface area contributed by atoms with Gasteiger partial charge in [-0.05, 0) is 70.4 Å². The number of unbranched alkanes of at least 4 members (excludes halogenated alkanes) is 4. The van der Waals surface area contributed by atoms with Crippen LogP contribution in [0.1, 0.15) is 71.6 Å². The molecule has 1 aliphatic rings. The Balaban J connectivity index is 2.59. The van der Waals surface area contributed by atoms with E-state index in [9.17, 15) is 15.0 Å². The largest absolute Gasteiger partial charge is 0.477 e. The molecule has 5 heteroatoms. The molecule has 168 valence electrons. The molecule has 4 atom stereocenters. The molecule has 1 fully saturated rings. The summed E-state index contributed by atoms with van der Waals surface area (Å²) in [6, 6.07) is 0. The van der Waals surface area contributed by atoms with Crippen LogP contribution in [-0.2, 0) is 4.79 Å². The molecule has 0 bridgehead atoms. The number of aliphatic carboxylic acids is 1. The standard InChI is InChI=1S/C24H43NO4/c1-5-6-7-8-9-10-15-22-20(16-17-21(22)18-25(3)4)14-12-11-13-19(2)24(28,29)23(26)27/h10-12,15,19-22,28-29H,5-9,13-14,16-18H2,1-4H3,(H,26,27)/b12-11-,15-10+/t19?,20-,21-,22+/m0/s1. The average molecular weight is 410 g/mol. The van der Waals surface area contributed by atoms with Crippen molar-refractivity contribution in [1.82, 2.24) is 4.90 Å². The van der Waals surface area contributed by atoms with Gasteiger partial charge < -0.3 is 20.2 Å². The molecule has 3 N–H and O–H groups in total. The summed E-state index contributed by atoms with van der Waals surface area (Å²) < 4.78 is 0. The van der Waals surface area contributed by atoms with Crippen LogP contribution in [0, 0.1) is 23.7 Å². The number of carboxylic acid groups (broad SMARTS) is 1. The second-order valence-electron chi connectivity index (χ2n) is 9.09. The number of rotatable bonds is 14. The predicted molar refractivity (Wildman–Crippen MR) is 118 cm³/mol. The number of carboxylic acids is 1. The number of hydrogen-bond acceptors (Lipinski definition) is 4. The van der Waals surface area contributed by atoms with Crippen molar-refractivity contribution in [3.05, 3.63) is 24.3 Å². The third-order valence-corrected chi connectivity index (χ3v) is 6.28. The van der Waals surface area contributed by atoms with Crippen LogP contribution in [0.2, 0.25) is 0 Å². The lowest BCUT2D eigenvalue weighted by Gasteiger charge is -2.24. The molecule has 0 radical (unpaired) electrons. The minimum absolute atomic E-state index is 0.338. The molecule has 0 aromatic carbocycles. The number of allylic oxidation sites excluding steroid dienone is 4. The quantitative estimate of drug-likeness (QED) is 0.224. The molecule has 1 unspecified atom stereocenters. The average Bonchev–Trinajstić information content (AvgIpc) is 3.02. The molecule has 5 nitrogen and oxygen atoms in total. The molecule has 0 aromatic heterocycles. The topological polar surface area (TPSA) is 81.0 Å². The van der Waals surface area contributed by atoms with Crippen molar-refractivity contribution in [1.29, 1.82) is 0 Å². The van der Waals surface area contributed by atoms with E-state index >= 15 is 0 Å². The highest BCUT2D eigenvalue weighted by molar-refractivity contribution is 5.75. The normalized spacial score (nSPS) is 24.2. The molecule has 1 saturated carbocycles. The lowest BCUT2D eigenvalue weighted by atomic mass is 9.86. The first kappa shape index (κ1) is 25.9. The maximum Gasteiger partial charge on any atom is 0.364 e. The van der Waals surface area contributed by atoms with Crippen molar-refractivity contribution in [3.63, 3.8) is 0 Å². The van der Waals surface area contributed by atoms with Crippen molar-refractivity contribution in [2.45, 2.75) is 77.4 Å². The Bertz CT molecular complexity index is 527. The Hall–Kier alpha value is -1.17. The zero-order valence-corrected chi connectivity index (χ0v) is 18.9. The van der Waals surface area contributed by atoms with Crippen LogP contribution in [0.5, 0.6) is 0 Å². The molecule has 0 heterocycles. The van der Waals surface area contributed by atoms with Crippen LogP contribution in [0.4, 0.5) is 0 Å². The fourth-order valence-corrected chi connectivity index (χ4v) is 4.36.